The minimum absolute atomic E-state index is 0. The zero-order chi connectivity index (χ0) is 23.6. The highest BCUT2D eigenvalue weighted by atomic mass is 35.5. The van der Waals surface area contributed by atoms with Crippen LogP contribution in [-0.4, -0.2) is 35.0 Å². The first-order valence-electron chi connectivity index (χ1n) is 11.4. The number of hydrogen-bond donors (Lipinski definition) is 4. The number of hydrazine groups is 1. The zero-order valence-corrected chi connectivity index (χ0v) is 20.5. The van der Waals surface area contributed by atoms with Crippen LogP contribution < -0.4 is 16.3 Å². The van der Waals surface area contributed by atoms with Crippen molar-refractivity contribution in [2.75, 3.05) is 13.1 Å². The Balaban J connectivity index is 0.00000408. The summed E-state index contributed by atoms with van der Waals surface area (Å²) in [6.07, 6.45) is 2.27. The Labute approximate surface area is 206 Å². The van der Waals surface area contributed by atoms with Crippen molar-refractivity contribution in [2.24, 2.45) is 0 Å². The van der Waals surface area contributed by atoms with Crippen molar-refractivity contribution in [1.29, 1.82) is 0 Å². The minimum atomic E-state index is -0.622. The highest BCUT2D eigenvalue weighted by Crippen LogP contribution is 2.24. The molecule has 0 fully saturated rings. The van der Waals surface area contributed by atoms with Crippen LogP contribution in [0, 0.1) is 0 Å². The largest absolute Gasteiger partial charge is 0.299 e. The first kappa shape index (κ1) is 27.3. The zero-order valence-electron chi connectivity index (χ0n) is 19.6. The molecule has 0 atom stereocenters. The van der Waals surface area contributed by atoms with Gasteiger partial charge in [-0.1, -0.05) is 50.2 Å². The maximum Gasteiger partial charge on any atom is 0.274 e. The summed E-state index contributed by atoms with van der Waals surface area (Å²) in [5.74, 6) is -0.926. The van der Waals surface area contributed by atoms with Gasteiger partial charge < -0.3 is 0 Å². The van der Waals surface area contributed by atoms with Crippen molar-refractivity contribution in [3.8, 4) is 0 Å². The third-order valence-corrected chi connectivity index (χ3v) is 5.57. The Kier molecular flexibility index (Phi) is 11.0. The highest BCUT2D eigenvalue weighted by molar-refractivity contribution is 5.97. The lowest BCUT2D eigenvalue weighted by Crippen LogP contribution is -2.36. The van der Waals surface area contributed by atoms with Crippen LogP contribution in [0.2, 0.25) is 0 Å². The van der Waals surface area contributed by atoms with Gasteiger partial charge in [0.2, 0.25) is 0 Å². The van der Waals surface area contributed by atoms with E-state index in [2.05, 4.69) is 59.9 Å². The predicted molar refractivity (Wildman–Crippen MR) is 137 cm³/mol. The number of benzene rings is 3. The van der Waals surface area contributed by atoms with Crippen molar-refractivity contribution >= 4 is 35.0 Å². The molecular weight excluding hydrogens is 452 g/mol. The fourth-order valence-corrected chi connectivity index (χ4v) is 3.99. The number of nitrogens with one attached hydrogen (secondary N) is 3. The third kappa shape index (κ3) is 7.01. The number of carbonyl (C=O) groups excluding carboxylic acids is 2. The van der Waals surface area contributed by atoms with Gasteiger partial charge in [0.05, 0.1) is 0 Å². The maximum absolute atomic E-state index is 12.4. The van der Waals surface area contributed by atoms with E-state index in [1.54, 1.807) is 5.48 Å². The third-order valence-electron chi connectivity index (χ3n) is 5.57. The molecule has 0 aliphatic rings. The maximum atomic E-state index is 12.4. The van der Waals surface area contributed by atoms with Crippen molar-refractivity contribution in [3.63, 3.8) is 0 Å². The first-order chi connectivity index (χ1) is 16.1. The standard InChI is InChI=1S/C26H32N4O3.ClH/c1-3-15-30(16-4-2)18-22-14-13-21(23-7-5-6-8-24(22)23)17-27-28-25(31)19-9-11-20(12-10-19)26(32)29-33;/h5-14,27,33H,3-4,15-18H2,1-2H3,(H,28,31)(H,29,32);1H. The summed E-state index contributed by atoms with van der Waals surface area (Å²) < 4.78 is 0. The van der Waals surface area contributed by atoms with Crippen LogP contribution in [0.25, 0.3) is 10.8 Å². The molecule has 0 aliphatic carbocycles. The highest BCUT2D eigenvalue weighted by Gasteiger charge is 2.11. The number of hydrogen-bond acceptors (Lipinski definition) is 5. The lowest BCUT2D eigenvalue weighted by atomic mass is 9.99. The number of halogens is 1. The first-order valence-corrected chi connectivity index (χ1v) is 11.4. The van der Waals surface area contributed by atoms with Gasteiger partial charge in [0.15, 0.2) is 0 Å². The van der Waals surface area contributed by atoms with Crippen LogP contribution in [0.5, 0.6) is 0 Å². The van der Waals surface area contributed by atoms with Crippen LogP contribution in [-0.2, 0) is 13.1 Å². The Morgan fingerprint density at radius 3 is 1.88 bits per heavy atom. The molecule has 182 valence electrons. The van der Waals surface area contributed by atoms with Gasteiger partial charge in [0, 0.05) is 24.2 Å². The summed E-state index contributed by atoms with van der Waals surface area (Å²) in [5, 5.41) is 11.1. The lowest BCUT2D eigenvalue weighted by Gasteiger charge is -2.22. The molecule has 3 aromatic carbocycles. The van der Waals surface area contributed by atoms with E-state index in [0.29, 0.717) is 12.1 Å². The van der Waals surface area contributed by atoms with E-state index in [0.717, 1.165) is 38.0 Å². The van der Waals surface area contributed by atoms with E-state index < -0.39 is 5.91 Å². The minimum Gasteiger partial charge on any atom is -0.299 e. The second-order valence-corrected chi connectivity index (χ2v) is 8.03. The fourth-order valence-electron chi connectivity index (χ4n) is 3.99. The summed E-state index contributed by atoms with van der Waals surface area (Å²) >= 11 is 0. The van der Waals surface area contributed by atoms with E-state index in [-0.39, 0.29) is 23.9 Å². The summed E-state index contributed by atoms with van der Waals surface area (Å²) in [6.45, 7) is 8.00. The summed E-state index contributed by atoms with van der Waals surface area (Å²) in [5.41, 5.74) is 10.4. The Bertz CT molecular complexity index is 1080. The van der Waals surface area contributed by atoms with Crippen molar-refractivity contribution in [1.82, 2.24) is 21.2 Å². The SMILES string of the molecule is CCCN(CCC)Cc1ccc(CNNC(=O)c2ccc(C(=O)NO)cc2)c2ccccc12.Cl. The van der Waals surface area contributed by atoms with Crippen molar-refractivity contribution in [3.05, 3.63) is 82.9 Å². The predicted octanol–water partition coefficient (Wildman–Crippen LogP) is 4.44. The fraction of sp³-hybridized carbons (Fsp3) is 0.308. The summed E-state index contributed by atoms with van der Waals surface area (Å²) in [7, 11) is 0. The number of amides is 2. The van der Waals surface area contributed by atoms with Gasteiger partial charge in [-0.3, -0.25) is 25.1 Å². The van der Waals surface area contributed by atoms with Crippen LogP contribution in [0.1, 0.15) is 58.5 Å². The molecule has 0 saturated carbocycles. The molecule has 0 saturated heterocycles. The lowest BCUT2D eigenvalue weighted by molar-refractivity contribution is 0.0706. The van der Waals surface area contributed by atoms with E-state index in [1.807, 2.05) is 6.07 Å². The van der Waals surface area contributed by atoms with Gasteiger partial charge in [0.25, 0.3) is 11.8 Å². The summed E-state index contributed by atoms with van der Waals surface area (Å²) in [4.78, 5) is 26.3. The molecule has 0 bridgehead atoms. The molecule has 8 heteroatoms. The van der Waals surface area contributed by atoms with E-state index in [9.17, 15) is 9.59 Å². The molecule has 2 amide bonds. The van der Waals surface area contributed by atoms with Gasteiger partial charge in [-0.2, -0.15) is 0 Å². The average molecular weight is 485 g/mol. The van der Waals surface area contributed by atoms with Crippen LogP contribution in [0.4, 0.5) is 0 Å². The Morgan fingerprint density at radius 1 is 0.794 bits per heavy atom. The monoisotopic (exact) mass is 484 g/mol. The number of carbonyl (C=O) groups is 2. The quantitative estimate of drug-likeness (QED) is 0.238. The van der Waals surface area contributed by atoms with Crippen LogP contribution >= 0.6 is 12.4 Å². The number of rotatable bonds is 11. The van der Waals surface area contributed by atoms with Crippen molar-refractivity contribution < 1.29 is 14.8 Å². The Hall–Kier alpha value is -2.97. The number of nitrogens with zero attached hydrogens (tertiary/aromatic N) is 1. The molecular formula is C26H33ClN4O3. The van der Waals surface area contributed by atoms with Crippen LogP contribution in [0.15, 0.2) is 60.7 Å². The molecule has 34 heavy (non-hydrogen) atoms. The van der Waals surface area contributed by atoms with Gasteiger partial charge in [-0.15, -0.1) is 12.4 Å². The van der Waals surface area contributed by atoms with E-state index in [4.69, 9.17) is 5.21 Å². The molecule has 0 heterocycles. The van der Waals surface area contributed by atoms with E-state index >= 15 is 0 Å². The van der Waals surface area contributed by atoms with Crippen molar-refractivity contribution in [2.45, 2.75) is 39.8 Å². The smallest absolute Gasteiger partial charge is 0.274 e. The molecule has 0 unspecified atom stereocenters. The molecule has 0 radical (unpaired) electrons. The normalized spacial score (nSPS) is 10.7. The second kappa shape index (κ2) is 13.7. The molecule has 7 nitrogen and oxygen atoms in total. The Morgan fingerprint density at radius 2 is 1.32 bits per heavy atom. The molecule has 3 rings (SSSR count). The van der Waals surface area contributed by atoms with Crippen LogP contribution in [0.3, 0.4) is 0 Å². The topological polar surface area (TPSA) is 93.7 Å². The number of hydroxylamine groups is 1. The molecule has 0 aliphatic heterocycles. The molecule has 3 aromatic rings. The second-order valence-electron chi connectivity index (χ2n) is 8.03. The summed E-state index contributed by atoms with van der Waals surface area (Å²) in [6, 6.07) is 18.7. The van der Waals surface area contributed by atoms with Gasteiger partial charge in [-0.25, -0.2) is 10.9 Å². The molecule has 0 spiro atoms. The average Bonchev–Trinajstić information content (AvgIpc) is 2.85. The molecule has 0 aromatic heterocycles. The van der Waals surface area contributed by atoms with Gasteiger partial charge >= 0.3 is 0 Å². The molecule has 4 N–H and O–H groups in total. The van der Waals surface area contributed by atoms with Gasteiger partial charge in [0.1, 0.15) is 0 Å². The van der Waals surface area contributed by atoms with E-state index in [1.165, 1.54) is 40.6 Å². The van der Waals surface area contributed by atoms with Gasteiger partial charge in [-0.05, 0) is 72.1 Å². The number of fused-ring (bicyclic) bond motifs is 1.